The number of hydrogen-bond donors (Lipinski definition) is 0. The Kier molecular flexibility index (Phi) is 5.63. The van der Waals surface area contributed by atoms with Crippen LogP contribution in [0.5, 0.6) is 0 Å². The number of methoxy groups -OCH3 is 1. The topological polar surface area (TPSA) is 67.8 Å². The zero-order valence-electron chi connectivity index (χ0n) is 14.5. The molecule has 3 rings (SSSR count). The number of aromatic nitrogens is 2. The van der Waals surface area contributed by atoms with E-state index in [4.69, 9.17) is 9.47 Å². The largest absolute Gasteiger partial charge is 0.444 e. The van der Waals surface area contributed by atoms with Gasteiger partial charge in [0.25, 0.3) is 0 Å². The van der Waals surface area contributed by atoms with Crippen LogP contribution in [0.4, 0.5) is 10.6 Å². The highest BCUT2D eigenvalue weighted by molar-refractivity contribution is 5.88. The van der Waals surface area contributed by atoms with Gasteiger partial charge in [-0.2, -0.15) is 0 Å². The minimum atomic E-state index is -0.340. The summed E-state index contributed by atoms with van der Waals surface area (Å²) >= 11 is 0. The van der Waals surface area contributed by atoms with Crippen LogP contribution in [0, 0.1) is 5.92 Å². The minimum absolute atomic E-state index is 0.0951. The molecule has 24 heavy (non-hydrogen) atoms. The van der Waals surface area contributed by atoms with Crippen molar-refractivity contribution in [3.05, 3.63) is 18.1 Å². The molecule has 0 spiro atoms. The van der Waals surface area contributed by atoms with Crippen molar-refractivity contribution >= 4 is 11.9 Å². The molecule has 1 aromatic rings. The van der Waals surface area contributed by atoms with Crippen molar-refractivity contribution in [1.82, 2.24) is 14.9 Å². The Hall–Kier alpha value is -1.73. The molecule has 2 aliphatic rings. The summed E-state index contributed by atoms with van der Waals surface area (Å²) in [5, 5.41) is 0. The van der Waals surface area contributed by atoms with Crippen molar-refractivity contribution in [2.45, 2.75) is 32.3 Å². The number of nitrogens with zero attached hydrogens (tertiary/aromatic N) is 4. The maximum absolute atomic E-state index is 11.7. The molecule has 0 bridgehead atoms. The average molecular weight is 334 g/mol. The Morgan fingerprint density at radius 2 is 2.08 bits per heavy atom. The van der Waals surface area contributed by atoms with Crippen LogP contribution in [0.1, 0.15) is 25.5 Å². The average Bonchev–Trinajstić information content (AvgIpc) is 2.93. The lowest BCUT2D eigenvalue weighted by molar-refractivity contribution is 0.120. The molecule has 3 heterocycles. The third kappa shape index (κ3) is 4.21. The fraction of sp³-hybridized carbons (Fsp3) is 0.706. The van der Waals surface area contributed by atoms with E-state index in [0.717, 1.165) is 38.4 Å². The number of carbonyl (C=O) groups excluding carboxylic acids is 1. The van der Waals surface area contributed by atoms with Gasteiger partial charge in [0.2, 0.25) is 0 Å². The number of anilines is 1. The van der Waals surface area contributed by atoms with Gasteiger partial charge in [-0.1, -0.05) is 0 Å². The monoisotopic (exact) mass is 334 g/mol. The lowest BCUT2D eigenvalue weighted by atomic mass is 9.92. The molecule has 0 aromatic carbocycles. The Morgan fingerprint density at radius 3 is 2.67 bits per heavy atom. The van der Waals surface area contributed by atoms with Crippen LogP contribution in [-0.4, -0.2) is 67.0 Å². The molecule has 2 aliphatic heterocycles. The Bertz CT molecular complexity index is 543. The van der Waals surface area contributed by atoms with Gasteiger partial charge in [-0.15, -0.1) is 0 Å². The van der Waals surface area contributed by atoms with Crippen LogP contribution < -0.4 is 4.90 Å². The van der Waals surface area contributed by atoms with Crippen LogP contribution in [-0.2, 0) is 15.9 Å². The fourth-order valence-corrected chi connectivity index (χ4v) is 3.31. The summed E-state index contributed by atoms with van der Waals surface area (Å²) in [7, 11) is 1.75. The second-order valence-electron chi connectivity index (χ2n) is 6.65. The van der Waals surface area contributed by atoms with Gasteiger partial charge in [-0.25, -0.2) is 9.78 Å². The summed E-state index contributed by atoms with van der Waals surface area (Å²) in [6.45, 7) is 6.47. The van der Waals surface area contributed by atoms with E-state index in [9.17, 15) is 4.79 Å². The zero-order chi connectivity index (χ0) is 16.9. The van der Waals surface area contributed by atoms with E-state index >= 15 is 0 Å². The van der Waals surface area contributed by atoms with Gasteiger partial charge in [0, 0.05) is 13.7 Å². The Balaban J connectivity index is 1.49. The number of rotatable bonds is 6. The number of likely N-dealkylation sites (tertiary alicyclic amines) is 1. The SMILES string of the molecule is COCCN1CCC(Cc2cnc(N3C[C@@H](C)OC3=O)cn2)CC1. The van der Waals surface area contributed by atoms with Gasteiger partial charge in [0.05, 0.1) is 31.2 Å². The highest BCUT2D eigenvalue weighted by atomic mass is 16.6. The van der Waals surface area contributed by atoms with E-state index in [1.807, 2.05) is 6.92 Å². The first-order valence-electron chi connectivity index (χ1n) is 8.66. The predicted octanol–water partition coefficient (Wildman–Crippen LogP) is 1.72. The third-order valence-electron chi connectivity index (χ3n) is 4.75. The number of carbonyl (C=O) groups is 1. The summed E-state index contributed by atoms with van der Waals surface area (Å²) in [4.78, 5) is 24.6. The van der Waals surface area contributed by atoms with E-state index < -0.39 is 0 Å². The fourth-order valence-electron chi connectivity index (χ4n) is 3.31. The van der Waals surface area contributed by atoms with Crippen LogP contribution >= 0.6 is 0 Å². The number of ether oxygens (including phenoxy) is 2. The molecule has 0 aliphatic carbocycles. The zero-order valence-corrected chi connectivity index (χ0v) is 14.5. The standard InChI is InChI=1S/C17H26N4O3/c1-13-12-21(17(22)24-13)16-11-18-15(10-19-16)9-14-3-5-20(6-4-14)7-8-23-2/h10-11,13-14H,3-9,12H2,1-2H3/t13-/m1/s1. The van der Waals surface area contributed by atoms with Gasteiger partial charge in [-0.05, 0) is 45.2 Å². The third-order valence-corrected chi connectivity index (χ3v) is 4.75. The summed E-state index contributed by atoms with van der Waals surface area (Å²) in [6.07, 6.45) is 6.36. The van der Waals surface area contributed by atoms with Crippen molar-refractivity contribution < 1.29 is 14.3 Å². The highest BCUT2D eigenvalue weighted by Crippen LogP contribution is 2.22. The molecule has 0 saturated carbocycles. The minimum Gasteiger partial charge on any atom is -0.444 e. The van der Waals surface area contributed by atoms with Gasteiger partial charge in [0.15, 0.2) is 5.82 Å². The first-order valence-corrected chi connectivity index (χ1v) is 8.66. The normalized spacial score (nSPS) is 22.8. The quantitative estimate of drug-likeness (QED) is 0.789. The van der Waals surface area contributed by atoms with Gasteiger partial charge < -0.3 is 14.4 Å². The Labute approximate surface area is 143 Å². The summed E-state index contributed by atoms with van der Waals surface area (Å²) in [6, 6.07) is 0. The molecule has 1 amide bonds. The van der Waals surface area contributed by atoms with E-state index in [1.165, 1.54) is 17.7 Å². The molecular weight excluding hydrogens is 308 g/mol. The maximum atomic E-state index is 11.7. The first kappa shape index (κ1) is 17.1. The van der Waals surface area contributed by atoms with E-state index in [0.29, 0.717) is 18.3 Å². The predicted molar refractivity (Wildman–Crippen MR) is 90.1 cm³/mol. The molecule has 2 saturated heterocycles. The first-order chi connectivity index (χ1) is 11.7. The molecular formula is C17H26N4O3. The molecule has 0 radical (unpaired) electrons. The van der Waals surface area contributed by atoms with Crippen molar-refractivity contribution in [2.75, 3.05) is 44.8 Å². The second kappa shape index (κ2) is 7.90. The van der Waals surface area contributed by atoms with E-state index in [-0.39, 0.29) is 12.2 Å². The highest BCUT2D eigenvalue weighted by Gasteiger charge is 2.30. The summed E-state index contributed by atoms with van der Waals surface area (Å²) < 4.78 is 10.3. The van der Waals surface area contributed by atoms with Crippen LogP contribution in [0.2, 0.25) is 0 Å². The lowest BCUT2D eigenvalue weighted by Gasteiger charge is -2.31. The van der Waals surface area contributed by atoms with E-state index in [1.54, 1.807) is 19.5 Å². The van der Waals surface area contributed by atoms with Crippen LogP contribution in [0.15, 0.2) is 12.4 Å². The van der Waals surface area contributed by atoms with Crippen LogP contribution in [0.25, 0.3) is 0 Å². The van der Waals surface area contributed by atoms with Gasteiger partial charge in [0.1, 0.15) is 6.10 Å². The Morgan fingerprint density at radius 1 is 1.29 bits per heavy atom. The summed E-state index contributed by atoms with van der Waals surface area (Å²) in [5.41, 5.74) is 0.995. The lowest BCUT2D eigenvalue weighted by Crippen LogP contribution is -2.36. The number of cyclic esters (lactones) is 1. The molecule has 0 unspecified atom stereocenters. The molecule has 1 atom stereocenters. The molecule has 1 aromatic heterocycles. The number of piperidine rings is 1. The van der Waals surface area contributed by atoms with Gasteiger partial charge in [-0.3, -0.25) is 9.88 Å². The van der Waals surface area contributed by atoms with Crippen molar-refractivity contribution in [2.24, 2.45) is 5.92 Å². The van der Waals surface area contributed by atoms with Crippen molar-refractivity contribution in [1.29, 1.82) is 0 Å². The van der Waals surface area contributed by atoms with Crippen LogP contribution in [0.3, 0.4) is 0 Å². The maximum Gasteiger partial charge on any atom is 0.415 e. The van der Waals surface area contributed by atoms with Gasteiger partial charge >= 0.3 is 6.09 Å². The molecule has 7 heteroatoms. The second-order valence-corrected chi connectivity index (χ2v) is 6.65. The smallest absolute Gasteiger partial charge is 0.415 e. The van der Waals surface area contributed by atoms with Crippen molar-refractivity contribution in [3.63, 3.8) is 0 Å². The van der Waals surface area contributed by atoms with Crippen molar-refractivity contribution in [3.8, 4) is 0 Å². The molecule has 2 fully saturated rings. The number of hydrogen-bond acceptors (Lipinski definition) is 6. The molecule has 0 N–H and O–H groups in total. The summed E-state index contributed by atoms with van der Waals surface area (Å²) in [5.74, 6) is 1.23. The van der Waals surface area contributed by atoms with E-state index in [2.05, 4.69) is 14.9 Å². The molecule has 132 valence electrons. The molecule has 7 nitrogen and oxygen atoms in total. The number of amides is 1.